The van der Waals surface area contributed by atoms with Gasteiger partial charge < -0.3 is 15.0 Å². The summed E-state index contributed by atoms with van der Waals surface area (Å²) in [6.07, 6.45) is 9.38. The number of ether oxygens (including phenoxy) is 1. The Hall–Kier alpha value is -0.730. The van der Waals surface area contributed by atoms with Gasteiger partial charge in [-0.25, -0.2) is 0 Å². The number of nitrogens with one attached hydrogen (secondary N) is 3. The molecule has 0 bridgehead atoms. The fourth-order valence-corrected chi connectivity index (χ4v) is 5.71. The maximum Gasteiger partial charge on any atom is 0.225 e. The Balaban J connectivity index is 1.09. The second kappa shape index (κ2) is 8.56. The van der Waals surface area contributed by atoms with Gasteiger partial charge in [0.05, 0.1) is 12.8 Å². The summed E-state index contributed by atoms with van der Waals surface area (Å²) in [6.45, 7) is 4.70. The summed E-state index contributed by atoms with van der Waals surface area (Å²) < 4.78 is 5.59. The molecule has 5 aliphatic rings. The lowest BCUT2D eigenvalue weighted by atomic mass is 9.83. The van der Waals surface area contributed by atoms with E-state index >= 15 is 0 Å². The lowest BCUT2D eigenvalue weighted by Crippen LogP contribution is -2.51. The van der Waals surface area contributed by atoms with Gasteiger partial charge in [0.2, 0.25) is 5.91 Å². The van der Waals surface area contributed by atoms with Gasteiger partial charge in [-0.15, -0.1) is 0 Å². The first-order valence-electron chi connectivity index (χ1n) is 11.5. The van der Waals surface area contributed by atoms with Gasteiger partial charge in [0, 0.05) is 37.6 Å². The minimum atomic E-state index is 0.103. The van der Waals surface area contributed by atoms with Crippen LogP contribution in [0.2, 0.25) is 0 Å². The molecule has 5 rings (SSSR count). The van der Waals surface area contributed by atoms with Gasteiger partial charge in [0.15, 0.2) is 0 Å². The summed E-state index contributed by atoms with van der Waals surface area (Å²) in [7, 11) is 0. The third kappa shape index (κ3) is 3.97. The van der Waals surface area contributed by atoms with E-state index < -0.39 is 0 Å². The maximum absolute atomic E-state index is 12.5. The quantitative estimate of drug-likeness (QED) is 0.668. The monoisotopic (exact) mass is 392 g/mol. The van der Waals surface area contributed by atoms with Gasteiger partial charge in [-0.1, -0.05) is 6.42 Å². The zero-order chi connectivity index (χ0) is 18.9. The summed E-state index contributed by atoms with van der Waals surface area (Å²) in [5, 5.41) is 7.44. The van der Waals surface area contributed by atoms with Crippen LogP contribution in [-0.4, -0.2) is 62.1 Å². The number of carbonyl (C=O) groups excluding carboxylic acids is 1. The number of carbonyl (C=O) groups is 1. The van der Waals surface area contributed by atoms with Crippen molar-refractivity contribution in [3.8, 4) is 0 Å². The summed E-state index contributed by atoms with van der Waals surface area (Å²) >= 11 is 0. The number of amides is 1. The van der Waals surface area contributed by atoms with Crippen molar-refractivity contribution < 1.29 is 14.4 Å². The van der Waals surface area contributed by atoms with Crippen LogP contribution in [0, 0.1) is 23.7 Å². The molecule has 3 N–H and O–H groups in total. The van der Waals surface area contributed by atoms with Crippen LogP contribution in [-0.2, 0) is 14.4 Å². The molecule has 1 aliphatic carbocycles. The molecule has 4 heterocycles. The van der Waals surface area contributed by atoms with Gasteiger partial charge in [-0.2, -0.15) is 5.48 Å². The van der Waals surface area contributed by atoms with E-state index in [0.29, 0.717) is 35.6 Å². The second-order valence-corrected chi connectivity index (χ2v) is 9.56. The normalized spacial score (nSPS) is 40.6. The molecular weight excluding hydrogens is 356 g/mol. The standard InChI is InChI=1S/C21H36N4O3/c26-21(15-2-1-3-15)25-9-5-14(6-10-25)19-23-20(28-24-19)16-4-8-22-18(12-16)17-7-11-27-13-17/h14-20,22-24H,1-13H2. The van der Waals surface area contributed by atoms with E-state index in [4.69, 9.17) is 9.57 Å². The zero-order valence-electron chi connectivity index (χ0n) is 16.9. The summed E-state index contributed by atoms with van der Waals surface area (Å²) in [5.74, 6) is 2.47. The van der Waals surface area contributed by atoms with Gasteiger partial charge in [0.1, 0.15) is 6.23 Å². The SMILES string of the molecule is O=C(C1CCC1)N1CCC(C2NOC(C3CCNC(C4CCOC4)C3)N2)CC1. The van der Waals surface area contributed by atoms with E-state index in [1.54, 1.807) is 0 Å². The van der Waals surface area contributed by atoms with E-state index in [9.17, 15) is 4.79 Å². The summed E-state index contributed by atoms with van der Waals surface area (Å²) in [4.78, 5) is 20.6. The molecule has 5 unspecified atom stereocenters. The van der Waals surface area contributed by atoms with Crippen molar-refractivity contribution in [2.45, 2.75) is 69.8 Å². The van der Waals surface area contributed by atoms with Crippen LogP contribution in [0.4, 0.5) is 0 Å². The number of hydroxylamine groups is 1. The number of hydrogen-bond donors (Lipinski definition) is 3. The molecule has 4 aliphatic heterocycles. The molecule has 0 aromatic carbocycles. The summed E-state index contributed by atoms with van der Waals surface area (Å²) in [5.41, 5.74) is 3.29. The number of likely N-dealkylation sites (tertiary alicyclic amines) is 1. The molecule has 0 aromatic heterocycles. The largest absolute Gasteiger partial charge is 0.381 e. The van der Waals surface area contributed by atoms with E-state index in [1.165, 1.54) is 12.8 Å². The Kier molecular flexibility index (Phi) is 5.88. The predicted molar refractivity (Wildman–Crippen MR) is 105 cm³/mol. The van der Waals surface area contributed by atoms with Crippen molar-refractivity contribution >= 4 is 5.91 Å². The number of hydrogen-bond acceptors (Lipinski definition) is 6. The molecule has 4 saturated heterocycles. The average Bonchev–Trinajstić information content (AvgIpc) is 3.39. The minimum absolute atomic E-state index is 0.103. The number of nitrogens with zero attached hydrogens (tertiary/aromatic N) is 1. The highest BCUT2D eigenvalue weighted by molar-refractivity contribution is 5.79. The molecule has 0 aromatic rings. The molecule has 7 nitrogen and oxygen atoms in total. The fraction of sp³-hybridized carbons (Fsp3) is 0.952. The van der Waals surface area contributed by atoms with Crippen LogP contribution in [0.1, 0.15) is 51.4 Å². The Bertz CT molecular complexity index is 544. The molecule has 5 fully saturated rings. The molecule has 28 heavy (non-hydrogen) atoms. The average molecular weight is 393 g/mol. The van der Waals surface area contributed by atoms with Crippen LogP contribution >= 0.6 is 0 Å². The minimum Gasteiger partial charge on any atom is -0.381 e. The van der Waals surface area contributed by atoms with E-state index in [-0.39, 0.29) is 12.4 Å². The van der Waals surface area contributed by atoms with Crippen molar-refractivity contribution in [3.05, 3.63) is 0 Å². The van der Waals surface area contributed by atoms with Crippen LogP contribution in [0.3, 0.4) is 0 Å². The summed E-state index contributed by atoms with van der Waals surface area (Å²) in [6, 6.07) is 0.562. The highest BCUT2D eigenvalue weighted by atomic mass is 16.7. The molecular formula is C21H36N4O3. The number of rotatable bonds is 4. The predicted octanol–water partition coefficient (Wildman–Crippen LogP) is 1.21. The smallest absolute Gasteiger partial charge is 0.225 e. The first-order chi connectivity index (χ1) is 13.8. The third-order valence-electron chi connectivity index (χ3n) is 7.88. The Morgan fingerprint density at radius 2 is 1.82 bits per heavy atom. The Morgan fingerprint density at radius 1 is 0.964 bits per heavy atom. The molecule has 1 saturated carbocycles. The number of piperidine rings is 2. The van der Waals surface area contributed by atoms with Crippen LogP contribution in [0.25, 0.3) is 0 Å². The Labute approximate surface area is 168 Å². The molecule has 5 atom stereocenters. The lowest BCUT2D eigenvalue weighted by molar-refractivity contribution is -0.139. The van der Waals surface area contributed by atoms with Gasteiger partial charge in [-0.05, 0) is 63.3 Å². The maximum atomic E-state index is 12.5. The highest BCUT2D eigenvalue weighted by Crippen LogP contribution is 2.32. The lowest BCUT2D eigenvalue weighted by Gasteiger charge is -2.38. The Morgan fingerprint density at radius 3 is 2.54 bits per heavy atom. The van der Waals surface area contributed by atoms with Crippen molar-refractivity contribution in [1.29, 1.82) is 0 Å². The fourth-order valence-electron chi connectivity index (χ4n) is 5.71. The van der Waals surface area contributed by atoms with E-state index in [1.807, 2.05) is 0 Å². The van der Waals surface area contributed by atoms with Crippen LogP contribution in [0.15, 0.2) is 0 Å². The van der Waals surface area contributed by atoms with Crippen molar-refractivity contribution in [2.75, 3.05) is 32.8 Å². The van der Waals surface area contributed by atoms with Crippen molar-refractivity contribution in [1.82, 2.24) is 21.0 Å². The highest BCUT2D eigenvalue weighted by Gasteiger charge is 2.40. The molecule has 158 valence electrons. The topological polar surface area (TPSA) is 74.9 Å². The first kappa shape index (κ1) is 19.2. The second-order valence-electron chi connectivity index (χ2n) is 9.56. The van der Waals surface area contributed by atoms with Crippen LogP contribution < -0.4 is 16.1 Å². The first-order valence-corrected chi connectivity index (χ1v) is 11.5. The molecule has 0 radical (unpaired) electrons. The third-order valence-corrected chi connectivity index (χ3v) is 7.88. The van der Waals surface area contributed by atoms with Crippen LogP contribution in [0.5, 0.6) is 0 Å². The zero-order valence-corrected chi connectivity index (χ0v) is 16.9. The molecule has 0 spiro atoms. The van der Waals surface area contributed by atoms with Gasteiger partial charge in [-0.3, -0.25) is 14.9 Å². The van der Waals surface area contributed by atoms with Gasteiger partial charge >= 0.3 is 0 Å². The van der Waals surface area contributed by atoms with Gasteiger partial charge in [0.25, 0.3) is 0 Å². The van der Waals surface area contributed by atoms with Crippen molar-refractivity contribution in [2.24, 2.45) is 23.7 Å². The van der Waals surface area contributed by atoms with E-state index in [0.717, 1.165) is 71.4 Å². The van der Waals surface area contributed by atoms with Crippen molar-refractivity contribution in [3.63, 3.8) is 0 Å². The molecule has 1 amide bonds. The molecule has 7 heteroatoms. The van der Waals surface area contributed by atoms with E-state index in [2.05, 4.69) is 21.0 Å².